The standard InChI is InChI=1S/C33H34/c1-25-14-16-26(17-15-25)8-5-6-9-27-18-20-28(21-19-27)24-30-22-23-32(29-10-3-2-4-11-29)33-13-7-12-31(30)33/h3,7,10-23,33H,2,4-6,8-9,24H2,1H3. The van der Waals surface area contributed by atoms with Gasteiger partial charge in [0.05, 0.1) is 0 Å². The molecule has 0 bridgehead atoms. The van der Waals surface area contributed by atoms with Crippen molar-refractivity contribution in [3.05, 3.63) is 142 Å². The Kier molecular flexibility index (Phi) is 6.72. The van der Waals surface area contributed by atoms with Gasteiger partial charge in [0.1, 0.15) is 0 Å². The molecule has 3 aliphatic carbocycles. The van der Waals surface area contributed by atoms with E-state index in [1.165, 1.54) is 76.7 Å². The molecule has 0 saturated carbocycles. The average molecular weight is 431 g/mol. The highest BCUT2D eigenvalue weighted by Gasteiger charge is 2.26. The average Bonchev–Trinajstić information content (AvgIpc) is 3.35. The lowest BCUT2D eigenvalue weighted by Gasteiger charge is -2.26. The van der Waals surface area contributed by atoms with Gasteiger partial charge in [0.15, 0.2) is 0 Å². The van der Waals surface area contributed by atoms with Crippen LogP contribution in [0.5, 0.6) is 0 Å². The van der Waals surface area contributed by atoms with Crippen LogP contribution in [0, 0.1) is 12.8 Å². The zero-order valence-corrected chi connectivity index (χ0v) is 19.8. The lowest BCUT2D eigenvalue weighted by Crippen LogP contribution is -2.12. The van der Waals surface area contributed by atoms with Gasteiger partial charge < -0.3 is 0 Å². The SMILES string of the molecule is Cc1ccc(CCCCc2ccc(CC3=CC=C(C4=CCCC=C4)C4C=CC=C34)cc2)cc1. The maximum absolute atomic E-state index is 2.40. The Morgan fingerprint density at radius 3 is 2.12 bits per heavy atom. The van der Waals surface area contributed by atoms with Crippen LogP contribution in [-0.4, -0.2) is 0 Å². The molecule has 1 atom stereocenters. The third-order valence-electron chi connectivity index (χ3n) is 7.13. The van der Waals surface area contributed by atoms with Gasteiger partial charge in [-0.1, -0.05) is 103 Å². The van der Waals surface area contributed by atoms with E-state index in [1.54, 1.807) is 0 Å². The normalized spacial score (nSPS) is 19.0. The van der Waals surface area contributed by atoms with Gasteiger partial charge in [-0.05, 0) is 90.9 Å². The topological polar surface area (TPSA) is 0 Å². The quantitative estimate of drug-likeness (QED) is 0.369. The highest BCUT2D eigenvalue weighted by molar-refractivity contribution is 5.60. The third kappa shape index (κ3) is 5.28. The molecule has 0 radical (unpaired) electrons. The summed E-state index contributed by atoms with van der Waals surface area (Å²) < 4.78 is 0. The van der Waals surface area contributed by atoms with Crippen molar-refractivity contribution in [2.24, 2.45) is 5.92 Å². The van der Waals surface area contributed by atoms with Crippen LogP contribution in [-0.2, 0) is 19.3 Å². The number of rotatable bonds is 8. The Hall–Kier alpha value is -3.12. The Bertz CT molecular complexity index is 1160. The molecule has 3 aliphatic rings. The largest absolute Gasteiger partial charge is 0.0836 e. The first kappa shape index (κ1) is 21.7. The number of fused-ring (bicyclic) bond motifs is 1. The molecule has 0 nitrogen and oxygen atoms in total. The van der Waals surface area contributed by atoms with Crippen LogP contribution >= 0.6 is 0 Å². The number of aryl methyl sites for hydroxylation is 3. The van der Waals surface area contributed by atoms with Crippen molar-refractivity contribution < 1.29 is 0 Å². The van der Waals surface area contributed by atoms with Gasteiger partial charge in [0.2, 0.25) is 0 Å². The minimum Gasteiger partial charge on any atom is -0.0836 e. The summed E-state index contributed by atoms with van der Waals surface area (Å²) in [4.78, 5) is 0. The predicted molar refractivity (Wildman–Crippen MR) is 141 cm³/mol. The molecular formula is C33H34. The van der Waals surface area contributed by atoms with Crippen molar-refractivity contribution in [2.75, 3.05) is 0 Å². The van der Waals surface area contributed by atoms with E-state index in [9.17, 15) is 0 Å². The molecule has 0 fully saturated rings. The van der Waals surface area contributed by atoms with E-state index in [4.69, 9.17) is 0 Å². The Labute approximate surface area is 199 Å². The van der Waals surface area contributed by atoms with Crippen molar-refractivity contribution in [2.45, 2.75) is 51.9 Å². The lowest BCUT2D eigenvalue weighted by molar-refractivity contribution is 0.734. The van der Waals surface area contributed by atoms with E-state index in [-0.39, 0.29) is 0 Å². The molecule has 0 N–H and O–H groups in total. The molecule has 0 aliphatic heterocycles. The zero-order valence-electron chi connectivity index (χ0n) is 19.8. The van der Waals surface area contributed by atoms with Gasteiger partial charge in [-0.3, -0.25) is 0 Å². The van der Waals surface area contributed by atoms with Gasteiger partial charge >= 0.3 is 0 Å². The third-order valence-corrected chi connectivity index (χ3v) is 7.13. The molecule has 0 amide bonds. The summed E-state index contributed by atoms with van der Waals surface area (Å²) in [6.07, 6.45) is 26.8. The molecule has 33 heavy (non-hydrogen) atoms. The molecule has 1 unspecified atom stereocenters. The van der Waals surface area contributed by atoms with Crippen LogP contribution in [0.3, 0.4) is 0 Å². The van der Waals surface area contributed by atoms with Crippen LogP contribution < -0.4 is 0 Å². The summed E-state index contributed by atoms with van der Waals surface area (Å²) in [7, 11) is 0. The van der Waals surface area contributed by atoms with Gasteiger partial charge in [-0.25, -0.2) is 0 Å². The number of hydrogen-bond donors (Lipinski definition) is 0. The van der Waals surface area contributed by atoms with Crippen molar-refractivity contribution in [3.63, 3.8) is 0 Å². The molecule has 0 heteroatoms. The first-order valence-corrected chi connectivity index (χ1v) is 12.6. The molecule has 0 saturated heterocycles. The monoisotopic (exact) mass is 430 g/mol. The Balaban J connectivity index is 1.17. The van der Waals surface area contributed by atoms with E-state index in [0.29, 0.717) is 5.92 Å². The molecule has 166 valence electrons. The van der Waals surface area contributed by atoms with Crippen LogP contribution in [0.15, 0.2) is 119 Å². The minimum atomic E-state index is 0.423. The second-order valence-corrected chi connectivity index (χ2v) is 9.62. The van der Waals surface area contributed by atoms with Gasteiger partial charge in [0.25, 0.3) is 0 Å². The molecule has 0 heterocycles. The highest BCUT2D eigenvalue weighted by Crippen LogP contribution is 2.40. The summed E-state index contributed by atoms with van der Waals surface area (Å²) in [5, 5.41) is 0. The number of allylic oxidation sites excluding steroid dienone is 12. The lowest BCUT2D eigenvalue weighted by atomic mass is 9.78. The maximum Gasteiger partial charge on any atom is 0.0281 e. The number of unbranched alkanes of at least 4 members (excludes halogenated alkanes) is 1. The van der Waals surface area contributed by atoms with Gasteiger partial charge in [0, 0.05) is 5.92 Å². The van der Waals surface area contributed by atoms with Crippen molar-refractivity contribution in [1.29, 1.82) is 0 Å². The van der Waals surface area contributed by atoms with Crippen LogP contribution in [0.4, 0.5) is 0 Å². The fourth-order valence-corrected chi connectivity index (χ4v) is 5.17. The van der Waals surface area contributed by atoms with Crippen LogP contribution in [0.1, 0.15) is 47.9 Å². The van der Waals surface area contributed by atoms with Crippen LogP contribution in [0.25, 0.3) is 0 Å². The summed E-state index contributed by atoms with van der Waals surface area (Å²) in [5.74, 6) is 0.423. The van der Waals surface area contributed by atoms with Crippen molar-refractivity contribution in [3.8, 4) is 0 Å². The van der Waals surface area contributed by atoms with E-state index in [0.717, 1.165) is 12.8 Å². The number of benzene rings is 2. The second kappa shape index (κ2) is 10.2. The van der Waals surface area contributed by atoms with Crippen molar-refractivity contribution in [1.82, 2.24) is 0 Å². The first-order valence-electron chi connectivity index (χ1n) is 12.6. The predicted octanol–water partition coefficient (Wildman–Crippen LogP) is 8.36. The van der Waals surface area contributed by atoms with Crippen molar-refractivity contribution >= 4 is 0 Å². The first-order chi connectivity index (χ1) is 16.3. The van der Waals surface area contributed by atoms with E-state index >= 15 is 0 Å². The summed E-state index contributed by atoms with van der Waals surface area (Å²) in [6.45, 7) is 2.15. The molecule has 0 aromatic heterocycles. The summed E-state index contributed by atoms with van der Waals surface area (Å²) in [6, 6.07) is 18.3. The molecule has 5 rings (SSSR count). The maximum atomic E-state index is 2.40. The second-order valence-electron chi connectivity index (χ2n) is 9.62. The Morgan fingerprint density at radius 2 is 1.42 bits per heavy atom. The molecule has 2 aromatic carbocycles. The Morgan fingerprint density at radius 1 is 0.727 bits per heavy atom. The smallest absolute Gasteiger partial charge is 0.0281 e. The van der Waals surface area contributed by atoms with E-state index in [2.05, 4.69) is 104 Å². The summed E-state index contributed by atoms with van der Waals surface area (Å²) in [5.41, 5.74) is 11.5. The molecular weight excluding hydrogens is 396 g/mol. The van der Waals surface area contributed by atoms with Crippen LogP contribution in [0.2, 0.25) is 0 Å². The molecule has 2 aromatic rings. The van der Waals surface area contributed by atoms with Gasteiger partial charge in [-0.15, -0.1) is 0 Å². The highest BCUT2D eigenvalue weighted by atomic mass is 14.3. The zero-order chi connectivity index (χ0) is 22.5. The minimum absolute atomic E-state index is 0.423. The fraction of sp³-hybridized carbons (Fsp3) is 0.273. The van der Waals surface area contributed by atoms with Gasteiger partial charge in [-0.2, -0.15) is 0 Å². The fourth-order valence-electron chi connectivity index (χ4n) is 5.17. The van der Waals surface area contributed by atoms with E-state index < -0.39 is 0 Å². The van der Waals surface area contributed by atoms with E-state index in [1.807, 2.05) is 0 Å². The summed E-state index contributed by atoms with van der Waals surface area (Å²) >= 11 is 0. The molecule has 0 spiro atoms. The number of hydrogen-bond acceptors (Lipinski definition) is 0.